The van der Waals surface area contributed by atoms with Gasteiger partial charge in [0, 0.05) is 11.3 Å². The van der Waals surface area contributed by atoms with E-state index in [1.165, 1.54) is 11.9 Å². The third kappa shape index (κ3) is 3.02. The Morgan fingerprint density at radius 2 is 1.95 bits per heavy atom. The van der Waals surface area contributed by atoms with Gasteiger partial charge in [-0.05, 0) is 24.5 Å². The molecule has 0 atom stereocenters. The van der Waals surface area contributed by atoms with Gasteiger partial charge in [-0.25, -0.2) is 9.97 Å². The number of aryl methyl sites for hydroxylation is 1. The first-order valence-electron chi connectivity index (χ1n) is 6.70. The summed E-state index contributed by atoms with van der Waals surface area (Å²) in [6.45, 7) is 4.26. The standard InChI is InChI=1S/C15H20N4/c1-3-7-12-14(16)17-10-18-15(12)19-13-9-6-5-8-11(13)4-2/h5-6,8-10H,3-4,7H2,1-2H3,(H3,16,17,18,19). The summed E-state index contributed by atoms with van der Waals surface area (Å²) in [6.07, 6.45) is 4.38. The van der Waals surface area contributed by atoms with Crippen molar-refractivity contribution in [3.63, 3.8) is 0 Å². The molecule has 0 fully saturated rings. The molecule has 100 valence electrons. The van der Waals surface area contributed by atoms with Gasteiger partial charge in [-0.15, -0.1) is 0 Å². The highest BCUT2D eigenvalue weighted by atomic mass is 15.0. The van der Waals surface area contributed by atoms with Crippen LogP contribution >= 0.6 is 0 Å². The smallest absolute Gasteiger partial charge is 0.139 e. The van der Waals surface area contributed by atoms with Crippen molar-refractivity contribution in [3.8, 4) is 0 Å². The summed E-state index contributed by atoms with van der Waals surface area (Å²) in [5, 5.41) is 3.39. The lowest BCUT2D eigenvalue weighted by atomic mass is 10.1. The quantitative estimate of drug-likeness (QED) is 0.861. The fourth-order valence-corrected chi connectivity index (χ4v) is 2.11. The molecule has 0 aliphatic carbocycles. The molecule has 0 bridgehead atoms. The minimum absolute atomic E-state index is 0.563. The molecule has 0 amide bonds. The van der Waals surface area contributed by atoms with Crippen molar-refractivity contribution in [3.05, 3.63) is 41.7 Å². The molecule has 3 N–H and O–H groups in total. The SMILES string of the molecule is CCCc1c(N)ncnc1Nc1ccccc1CC. The van der Waals surface area contributed by atoms with Crippen molar-refractivity contribution < 1.29 is 0 Å². The highest BCUT2D eigenvalue weighted by Gasteiger charge is 2.09. The molecule has 0 unspecified atom stereocenters. The van der Waals surface area contributed by atoms with Gasteiger partial charge in [-0.3, -0.25) is 0 Å². The van der Waals surface area contributed by atoms with E-state index in [2.05, 4.69) is 41.3 Å². The molecular formula is C15H20N4. The lowest BCUT2D eigenvalue weighted by Crippen LogP contribution is -2.06. The first-order chi connectivity index (χ1) is 9.26. The molecule has 4 heteroatoms. The molecule has 1 heterocycles. The van der Waals surface area contributed by atoms with E-state index in [-0.39, 0.29) is 0 Å². The van der Waals surface area contributed by atoms with Gasteiger partial charge in [-0.1, -0.05) is 38.5 Å². The molecule has 4 nitrogen and oxygen atoms in total. The maximum absolute atomic E-state index is 5.94. The number of rotatable bonds is 5. The molecule has 1 aromatic heterocycles. The van der Waals surface area contributed by atoms with Gasteiger partial charge >= 0.3 is 0 Å². The molecule has 0 aliphatic rings. The summed E-state index contributed by atoms with van der Waals surface area (Å²) in [7, 11) is 0. The number of anilines is 3. The first-order valence-corrected chi connectivity index (χ1v) is 6.70. The maximum Gasteiger partial charge on any atom is 0.139 e. The Kier molecular flexibility index (Phi) is 4.34. The maximum atomic E-state index is 5.94. The zero-order chi connectivity index (χ0) is 13.7. The Morgan fingerprint density at radius 1 is 1.16 bits per heavy atom. The number of nitrogens with zero attached hydrogens (tertiary/aromatic N) is 2. The summed E-state index contributed by atoms with van der Waals surface area (Å²) >= 11 is 0. The monoisotopic (exact) mass is 256 g/mol. The zero-order valence-corrected chi connectivity index (χ0v) is 11.5. The second-order valence-corrected chi connectivity index (χ2v) is 4.47. The Balaban J connectivity index is 2.35. The van der Waals surface area contributed by atoms with E-state index in [1.807, 2.05) is 12.1 Å². The van der Waals surface area contributed by atoms with Gasteiger partial charge in [0.15, 0.2) is 0 Å². The van der Waals surface area contributed by atoms with E-state index in [1.54, 1.807) is 0 Å². The van der Waals surface area contributed by atoms with Gasteiger partial charge in [0.1, 0.15) is 18.0 Å². The van der Waals surface area contributed by atoms with Gasteiger partial charge in [0.2, 0.25) is 0 Å². The number of nitrogens with one attached hydrogen (secondary N) is 1. The zero-order valence-electron chi connectivity index (χ0n) is 11.5. The third-order valence-electron chi connectivity index (χ3n) is 3.13. The molecule has 0 radical (unpaired) electrons. The van der Waals surface area contributed by atoms with Crippen molar-refractivity contribution >= 4 is 17.3 Å². The number of para-hydroxylation sites is 1. The number of nitrogen functional groups attached to an aromatic ring is 1. The second kappa shape index (κ2) is 6.18. The minimum atomic E-state index is 0.563. The Labute approximate surface area is 114 Å². The third-order valence-corrected chi connectivity index (χ3v) is 3.13. The van der Waals surface area contributed by atoms with Crippen LogP contribution in [0.4, 0.5) is 17.3 Å². The molecule has 0 spiro atoms. The number of nitrogens with two attached hydrogens (primary N) is 1. The van der Waals surface area contributed by atoms with Crippen molar-refractivity contribution in [2.45, 2.75) is 33.1 Å². The van der Waals surface area contributed by atoms with Crippen LogP contribution in [0.3, 0.4) is 0 Å². The van der Waals surface area contributed by atoms with Crippen LogP contribution in [0.25, 0.3) is 0 Å². The average Bonchev–Trinajstić information content (AvgIpc) is 2.43. The van der Waals surface area contributed by atoms with Crippen LogP contribution in [0.15, 0.2) is 30.6 Å². The lowest BCUT2D eigenvalue weighted by Gasteiger charge is -2.14. The fourth-order valence-electron chi connectivity index (χ4n) is 2.11. The van der Waals surface area contributed by atoms with Crippen molar-refractivity contribution in [2.75, 3.05) is 11.1 Å². The van der Waals surface area contributed by atoms with E-state index >= 15 is 0 Å². The summed E-state index contributed by atoms with van der Waals surface area (Å²) in [4.78, 5) is 8.40. The van der Waals surface area contributed by atoms with Crippen LogP contribution in [0.1, 0.15) is 31.4 Å². The van der Waals surface area contributed by atoms with Gasteiger partial charge in [-0.2, -0.15) is 0 Å². The fraction of sp³-hybridized carbons (Fsp3) is 0.333. The summed E-state index contributed by atoms with van der Waals surface area (Å²) < 4.78 is 0. The minimum Gasteiger partial charge on any atom is -0.383 e. The number of benzene rings is 1. The van der Waals surface area contributed by atoms with E-state index in [0.29, 0.717) is 5.82 Å². The van der Waals surface area contributed by atoms with Gasteiger partial charge in [0.05, 0.1) is 0 Å². The van der Waals surface area contributed by atoms with Crippen molar-refractivity contribution in [1.29, 1.82) is 0 Å². The van der Waals surface area contributed by atoms with E-state index in [0.717, 1.165) is 36.3 Å². The number of hydrogen-bond acceptors (Lipinski definition) is 4. The predicted octanol–water partition coefficient (Wildman–Crippen LogP) is 3.32. The molecule has 19 heavy (non-hydrogen) atoms. The molecule has 2 aromatic rings. The predicted molar refractivity (Wildman–Crippen MR) is 79.5 cm³/mol. The van der Waals surface area contributed by atoms with Crippen LogP contribution in [0.5, 0.6) is 0 Å². The van der Waals surface area contributed by atoms with Crippen LogP contribution in [0.2, 0.25) is 0 Å². The normalized spacial score (nSPS) is 10.4. The molecular weight excluding hydrogens is 236 g/mol. The highest BCUT2D eigenvalue weighted by molar-refractivity contribution is 5.66. The van der Waals surface area contributed by atoms with Crippen molar-refractivity contribution in [1.82, 2.24) is 9.97 Å². The van der Waals surface area contributed by atoms with E-state index in [9.17, 15) is 0 Å². The first kappa shape index (κ1) is 13.3. The topological polar surface area (TPSA) is 63.8 Å². The second-order valence-electron chi connectivity index (χ2n) is 4.47. The number of hydrogen-bond donors (Lipinski definition) is 2. The van der Waals surface area contributed by atoms with E-state index < -0.39 is 0 Å². The Morgan fingerprint density at radius 3 is 2.68 bits per heavy atom. The summed E-state index contributed by atoms with van der Waals surface area (Å²) in [5.74, 6) is 1.38. The number of aromatic nitrogens is 2. The summed E-state index contributed by atoms with van der Waals surface area (Å²) in [5.41, 5.74) is 9.29. The lowest BCUT2D eigenvalue weighted by molar-refractivity contribution is 0.908. The molecule has 0 aliphatic heterocycles. The molecule has 2 rings (SSSR count). The van der Waals surface area contributed by atoms with Gasteiger partial charge in [0.25, 0.3) is 0 Å². The summed E-state index contributed by atoms with van der Waals surface area (Å²) in [6, 6.07) is 8.25. The average molecular weight is 256 g/mol. The van der Waals surface area contributed by atoms with Crippen LogP contribution in [0, 0.1) is 0 Å². The molecule has 0 saturated heterocycles. The van der Waals surface area contributed by atoms with E-state index in [4.69, 9.17) is 5.73 Å². The van der Waals surface area contributed by atoms with Gasteiger partial charge < -0.3 is 11.1 Å². The van der Waals surface area contributed by atoms with Crippen molar-refractivity contribution in [2.24, 2.45) is 0 Å². The Hall–Kier alpha value is -2.10. The molecule has 1 aromatic carbocycles. The van der Waals surface area contributed by atoms with Crippen LogP contribution < -0.4 is 11.1 Å². The molecule has 0 saturated carbocycles. The van der Waals surface area contributed by atoms with Crippen LogP contribution in [-0.2, 0) is 12.8 Å². The highest BCUT2D eigenvalue weighted by Crippen LogP contribution is 2.25. The Bertz CT molecular complexity index is 552. The largest absolute Gasteiger partial charge is 0.383 e. The van der Waals surface area contributed by atoms with Crippen LogP contribution in [-0.4, -0.2) is 9.97 Å².